The molecule has 190 valence electrons. The number of hydrogen-bond donors (Lipinski definition) is 1. The van der Waals surface area contributed by atoms with Crippen molar-refractivity contribution in [1.82, 2.24) is 4.57 Å². The first-order valence-corrected chi connectivity index (χ1v) is 13.2. The van der Waals surface area contributed by atoms with Crippen molar-refractivity contribution >= 4 is 55.8 Å². The van der Waals surface area contributed by atoms with E-state index in [0.29, 0.717) is 5.71 Å². The van der Waals surface area contributed by atoms with Crippen molar-refractivity contribution in [2.24, 2.45) is 17.5 Å². The molecule has 0 saturated carbocycles. The van der Waals surface area contributed by atoms with Gasteiger partial charge in [0.1, 0.15) is 0 Å². The number of nitrogens with zero attached hydrogens (tertiary/aromatic N) is 2. The van der Waals surface area contributed by atoms with Crippen molar-refractivity contribution in [3.63, 3.8) is 0 Å². The highest BCUT2D eigenvalue weighted by molar-refractivity contribution is 6.21. The summed E-state index contributed by atoms with van der Waals surface area (Å²) in [4.78, 5) is 4.09. The molecule has 1 heterocycles. The zero-order valence-corrected chi connectivity index (χ0v) is 22.6. The average Bonchev–Trinajstić information content (AvgIpc) is 3.45. The summed E-state index contributed by atoms with van der Waals surface area (Å²) in [6.45, 7) is 7.87. The number of aryl methyl sites for hydroxylation is 1. The maximum Gasteiger partial charge on any atom is 0.0709 e. The summed E-state index contributed by atoms with van der Waals surface area (Å²) < 4.78 is 2.27. The molecule has 7 rings (SSSR count). The van der Waals surface area contributed by atoms with Crippen LogP contribution in [0, 0.1) is 10.8 Å². The third-order valence-electron chi connectivity index (χ3n) is 7.60. The fourth-order valence-electron chi connectivity index (χ4n) is 5.77. The van der Waals surface area contributed by atoms with Gasteiger partial charge >= 0.3 is 0 Å². The lowest BCUT2D eigenvalue weighted by Crippen LogP contribution is -2.05. The van der Waals surface area contributed by atoms with Crippen LogP contribution >= 0.6 is 0 Å². The lowest BCUT2D eigenvalue weighted by molar-refractivity contribution is 0.634. The lowest BCUT2D eigenvalue weighted by atomic mass is 9.93. The minimum absolute atomic E-state index is 0.0806. The molecule has 0 spiro atoms. The minimum atomic E-state index is -0.0806. The molecule has 3 heteroatoms. The van der Waals surface area contributed by atoms with Crippen LogP contribution < -0.4 is 0 Å². The second-order valence-electron chi connectivity index (χ2n) is 10.7. The Kier molecular flexibility index (Phi) is 6.00. The number of fused-ring (bicyclic) bond motifs is 6. The second kappa shape index (κ2) is 9.52. The van der Waals surface area contributed by atoms with Gasteiger partial charge in [-0.25, -0.2) is 0 Å². The number of benzene rings is 5. The van der Waals surface area contributed by atoms with Crippen molar-refractivity contribution < 1.29 is 0 Å². The van der Waals surface area contributed by atoms with Gasteiger partial charge in [-0.1, -0.05) is 111 Å². The van der Waals surface area contributed by atoms with Crippen LogP contribution in [0.1, 0.15) is 19.4 Å². The van der Waals surface area contributed by atoms with Gasteiger partial charge in [-0.05, 0) is 46.5 Å². The van der Waals surface area contributed by atoms with E-state index >= 15 is 0 Å². The van der Waals surface area contributed by atoms with Crippen molar-refractivity contribution in [1.29, 1.82) is 5.41 Å². The van der Waals surface area contributed by atoms with E-state index in [-0.39, 0.29) is 5.41 Å². The van der Waals surface area contributed by atoms with E-state index in [0.717, 1.165) is 27.6 Å². The third kappa shape index (κ3) is 4.26. The number of rotatable bonds is 3. The van der Waals surface area contributed by atoms with E-state index in [1.165, 1.54) is 32.6 Å². The first kappa shape index (κ1) is 24.6. The molecule has 0 amide bonds. The van der Waals surface area contributed by atoms with Crippen LogP contribution in [0.2, 0.25) is 0 Å². The molecule has 3 nitrogen and oxygen atoms in total. The van der Waals surface area contributed by atoms with E-state index in [9.17, 15) is 0 Å². The van der Waals surface area contributed by atoms with E-state index in [4.69, 9.17) is 5.41 Å². The Morgan fingerprint density at radius 3 is 2.05 bits per heavy atom. The maximum atomic E-state index is 8.62. The topological polar surface area (TPSA) is 41.1 Å². The number of nitrogens with one attached hydrogen (secondary N) is 1. The molecule has 0 bridgehead atoms. The van der Waals surface area contributed by atoms with E-state index < -0.39 is 0 Å². The SMILES string of the molecule is C=NC1=CC(C)(C)C=C1C(=N)c1cccc2ccccc12.Cn1c2ccccc2c2c3ccccc3ccc21. The summed E-state index contributed by atoms with van der Waals surface area (Å²) in [5.74, 6) is 0. The van der Waals surface area contributed by atoms with Gasteiger partial charge in [-0.15, -0.1) is 0 Å². The van der Waals surface area contributed by atoms with Gasteiger partial charge in [-0.3, -0.25) is 10.4 Å². The molecular weight excluding hydrogens is 474 g/mol. The smallest absolute Gasteiger partial charge is 0.0709 e. The second-order valence-corrected chi connectivity index (χ2v) is 10.7. The normalized spacial score (nSPS) is 14.2. The Bertz CT molecular complexity index is 1980. The van der Waals surface area contributed by atoms with Crippen LogP contribution in [0.25, 0.3) is 43.4 Å². The van der Waals surface area contributed by atoms with Crippen LogP contribution in [-0.2, 0) is 7.05 Å². The molecule has 0 fully saturated rings. The van der Waals surface area contributed by atoms with Crippen LogP contribution in [-0.4, -0.2) is 17.0 Å². The lowest BCUT2D eigenvalue weighted by Gasteiger charge is -2.11. The highest BCUT2D eigenvalue weighted by Gasteiger charge is 2.26. The molecular formula is C36H31N3. The van der Waals surface area contributed by atoms with Gasteiger partial charge in [0, 0.05) is 45.4 Å². The molecule has 1 aliphatic carbocycles. The summed E-state index contributed by atoms with van der Waals surface area (Å²) in [7, 11) is 2.14. The number of aliphatic imine (C=N–C) groups is 1. The molecule has 1 N–H and O–H groups in total. The zero-order valence-electron chi connectivity index (χ0n) is 22.6. The average molecular weight is 506 g/mol. The summed E-state index contributed by atoms with van der Waals surface area (Å²) in [5.41, 5.74) is 5.63. The van der Waals surface area contributed by atoms with Crippen LogP contribution in [0.4, 0.5) is 0 Å². The van der Waals surface area contributed by atoms with Crippen molar-refractivity contribution in [3.8, 4) is 0 Å². The van der Waals surface area contributed by atoms with Crippen LogP contribution in [0.3, 0.4) is 0 Å². The van der Waals surface area contributed by atoms with E-state index in [1.54, 1.807) is 0 Å². The van der Waals surface area contributed by atoms with Gasteiger partial charge in [0.25, 0.3) is 0 Å². The summed E-state index contributed by atoms with van der Waals surface area (Å²) >= 11 is 0. The van der Waals surface area contributed by atoms with E-state index in [2.05, 4.69) is 128 Å². The first-order chi connectivity index (χ1) is 18.9. The largest absolute Gasteiger partial charge is 0.344 e. The fraction of sp³-hybridized carbons (Fsp3) is 0.111. The molecule has 1 aromatic heterocycles. The molecule has 5 aromatic carbocycles. The van der Waals surface area contributed by atoms with Gasteiger partial charge in [-0.2, -0.15) is 0 Å². The molecule has 0 saturated heterocycles. The number of aromatic nitrogens is 1. The Morgan fingerprint density at radius 2 is 1.31 bits per heavy atom. The Hall–Kier alpha value is -4.76. The zero-order chi connectivity index (χ0) is 27.1. The van der Waals surface area contributed by atoms with Crippen molar-refractivity contribution in [2.75, 3.05) is 0 Å². The van der Waals surface area contributed by atoms with Gasteiger partial charge in [0.2, 0.25) is 0 Å². The monoisotopic (exact) mass is 505 g/mol. The van der Waals surface area contributed by atoms with Gasteiger partial charge in [0.05, 0.1) is 11.4 Å². The maximum absolute atomic E-state index is 8.62. The molecule has 0 aliphatic heterocycles. The van der Waals surface area contributed by atoms with Crippen molar-refractivity contribution in [2.45, 2.75) is 13.8 Å². The highest BCUT2D eigenvalue weighted by Crippen LogP contribution is 2.36. The summed E-state index contributed by atoms with van der Waals surface area (Å²) in [6, 6.07) is 35.9. The van der Waals surface area contributed by atoms with E-state index in [1.807, 2.05) is 24.3 Å². The van der Waals surface area contributed by atoms with Crippen LogP contribution in [0.5, 0.6) is 0 Å². The molecule has 0 atom stereocenters. The quantitative estimate of drug-likeness (QED) is 0.233. The molecule has 0 radical (unpaired) electrons. The summed E-state index contributed by atoms with van der Waals surface area (Å²) in [6.07, 6.45) is 4.16. The third-order valence-corrected chi connectivity index (χ3v) is 7.60. The van der Waals surface area contributed by atoms with Gasteiger partial charge < -0.3 is 4.57 Å². The Morgan fingerprint density at radius 1 is 0.692 bits per heavy atom. The van der Waals surface area contributed by atoms with Gasteiger partial charge in [0.15, 0.2) is 0 Å². The van der Waals surface area contributed by atoms with Crippen molar-refractivity contribution in [3.05, 3.63) is 132 Å². The first-order valence-electron chi connectivity index (χ1n) is 13.2. The predicted molar refractivity (Wildman–Crippen MR) is 168 cm³/mol. The van der Waals surface area contributed by atoms with Crippen LogP contribution in [0.15, 0.2) is 132 Å². The summed E-state index contributed by atoms with van der Waals surface area (Å²) in [5, 5.41) is 16.2. The number of para-hydroxylation sites is 1. The standard InChI is InChI=1S/C19H18N2.C17H13N/c1-19(2)11-16(17(12-19)21-3)18(20)15-10-6-8-13-7-4-5-9-14(13)15;1-18-15-9-5-4-8-14(15)17-13-7-3-2-6-12(13)10-11-16(17)18/h4-12,20H,3H2,1-2H3;2-11H,1H3. The Balaban J connectivity index is 0.000000143. The number of allylic oxidation sites excluding steroid dienone is 3. The number of hydrogen-bond acceptors (Lipinski definition) is 2. The molecule has 6 aromatic rings. The minimum Gasteiger partial charge on any atom is -0.344 e. The predicted octanol–water partition coefficient (Wildman–Crippen LogP) is 9.24. The molecule has 1 aliphatic rings. The molecule has 0 unspecified atom stereocenters. The highest BCUT2D eigenvalue weighted by atomic mass is 14.9. The fourth-order valence-corrected chi connectivity index (χ4v) is 5.77. The molecule has 39 heavy (non-hydrogen) atoms. The Labute approximate surface area is 228 Å².